The van der Waals surface area contributed by atoms with Crippen molar-refractivity contribution in [3.63, 3.8) is 0 Å². The highest BCUT2D eigenvalue weighted by atomic mass is 14.7. The van der Waals surface area contributed by atoms with Gasteiger partial charge in [-0.1, -0.05) is 60.1 Å². The lowest BCUT2D eigenvalue weighted by molar-refractivity contribution is -0.235. The molecule has 0 aromatic carbocycles. The molecule has 0 heteroatoms. The van der Waals surface area contributed by atoms with Gasteiger partial charge in [0.15, 0.2) is 0 Å². The zero-order chi connectivity index (χ0) is 21.7. The first-order chi connectivity index (χ1) is 13.9. The molecule has 0 aromatic heterocycles. The Morgan fingerprint density at radius 3 is 2.13 bits per heavy atom. The van der Waals surface area contributed by atoms with Crippen molar-refractivity contribution in [3.8, 4) is 0 Å². The van der Waals surface area contributed by atoms with E-state index in [1.165, 1.54) is 76.2 Å². The van der Waals surface area contributed by atoms with Crippen LogP contribution in [0.15, 0.2) is 12.2 Å². The van der Waals surface area contributed by atoms with Gasteiger partial charge in [-0.15, -0.1) is 0 Å². The third-order valence-electron chi connectivity index (χ3n) is 13.2. The molecule has 0 aliphatic heterocycles. The summed E-state index contributed by atoms with van der Waals surface area (Å²) in [6.07, 6.45) is 16.2. The molecule has 5 rings (SSSR count). The average molecular weight is 411 g/mol. The molecular weight excluding hydrogens is 360 g/mol. The fourth-order valence-corrected chi connectivity index (χ4v) is 11.6. The third-order valence-corrected chi connectivity index (χ3v) is 13.2. The predicted molar refractivity (Wildman–Crippen MR) is 129 cm³/mol. The van der Waals surface area contributed by atoms with E-state index in [0.717, 1.165) is 29.6 Å². The minimum atomic E-state index is 0.535. The van der Waals surface area contributed by atoms with E-state index >= 15 is 0 Å². The van der Waals surface area contributed by atoms with E-state index < -0.39 is 0 Å². The van der Waals surface area contributed by atoms with Crippen molar-refractivity contribution in [2.45, 2.75) is 119 Å². The molecule has 9 atom stereocenters. The molecule has 0 heterocycles. The highest BCUT2D eigenvalue weighted by Gasteiger charge is 2.69. The quantitative estimate of drug-likeness (QED) is 0.378. The van der Waals surface area contributed by atoms with Gasteiger partial charge in [0, 0.05) is 0 Å². The standard InChI is InChI=1S/C30H50/c1-20(2)21-12-16-27(5)18-19-29(7)22(25(21)27)10-11-24-28(6)15-9-14-26(3,4)23(28)13-17-30(24,29)8/h21-25H,1,9-19H2,2-8H3/t21-,22+,23-,24+,25+,27+,28+,29+,30-/m0/s1. The maximum Gasteiger partial charge on any atom is -0.0172 e. The minimum Gasteiger partial charge on any atom is -0.0998 e. The van der Waals surface area contributed by atoms with Gasteiger partial charge in [-0.2, -0.15) is 0 Å². The fraction of sp³-hybridized carbons (Fsp3) is 0.933. The normalized spacial score (nSPS) is 57.0. The Balaban J connectivity index is 1.55. The van der Waals surface area contributed by atoms with Crippen molar-refractivity contribution in [1.29, 1.82) is 0 Å². The largest absolute Gasteiger partial charge is 0.0998 e. The van der Waals surface area contributed by atoms with Crippen LogP contribution in [0.2, 0.25) is 0 Å². The summed E-state index contributed by atoms with van der Waals surface area (Å²) < 4.78 is 0. The highest BCUT2D eigenvalue weighted by Crippen LogP contribution is 2.77. The van der Waals surface area contributed by atoms with E-state index in [2.05, 4.69) is 55.0 Å². The Morgan fingerprint density at radius 2 is 1.43 bits per heavy atom. The molecule has 0 aromatic rings. The van der Waals surface area contributed by atoms with Crippen molar-refractivity contribution in [2.75, 3.05) is 0 Å². The number of hydrogen-bond acceptors (Lipinski definition) is 0. The molecule has 170 valence electrons. The first-order valence-electron chi connectivity index (χ1n) is 13.5. The van der Waals surface area contributed by atoms with Gasteiger partial charge in [-0.25, -0.2) is 0 Å². The molecule has 0 unspecified atom stereocenters. The molecule has 0 radical (unpaired) electrons. The molecule has 5 aliphatic rings. The Bertz CT molecular complexity index is 730. The smallest absolute Gasteiger partial charge is 0.0172 e. The molecule has 0 saturated heterocycles. The van der Waals surface area contributed by atoms with Gasteiger partial charge < -0.3 is 0 Å². The highest BCUT2D eigenvalue weighted by molar-refractivity contribution is 5.20. The first-order valence-corrected chi connectivity index (χ1v) is 13.5. The van der Waals surface area contributed by atoms with Gasteiger partial charge in [-0.05, 0) is 128 Å². The van der Waals surface area contributed by atoms with E-state index in [-0.39, 0.29) is 0 Å². The van der Waals surface area contributed by atoms with Crippen molar-refractivity contribution in [2.24, 2.45) is 56.7 Å². The molecule has 0 N–H and O–H groups in total. The lowest BCUT2D eigenvalue weighted by atomic mass is 9.32. The summed E-state index contributed by atoms with van der Waals surface area (Å²) in [5.41, 5.74) is 4.28. The van der Waals surface area contributed by atoms with E-state index in [9.17, 15) is 0 Å². The topological polar surface area (TPSA) is 0 Å². The molecule has 5 fully saturated rings. The zero-order valence-corrected chi connectivity index (χ0v) is 21.4. The summed E-state index contributed by atoms with van der Waals surface area (Å²) in [7, 11) is 0. The molecule has 0 amide bonds. The van der Waals surface area contributed by atoms with E-state index in [4.69, 9.17) is 0 Å². The number of rotatable bonds is 1. The molecular formula is C30H50. The number of fused-ring (bicyclic) bond motifs is 7. The van der Waals surface area contributed by atoms with Gasteiger partial charge in [-0.3, -0.25) is 0 Å². The Hall–Kier alpha value is -0.260. The predicted octanol–water partition coefficient (Wildman–Crippen LogP) is 9.05. The summed E-state index contributed by atoms with van der Waals surface area (Å²) in [6, 6.07) is 0. The Morgan fingerprint density at radius 1 is 0.700 bits per heavy atom. The van der Waals surface area contributed by atoms with Gasteiger partial charge in [0.2, 0.25) is 0 Å². The fourth-order valence-electron chi connectivity index (χ4n) is 11.6. The van der Waals surface area contributed by atoms with Crippen LogP contribution >= 0.6 is 0 Å². The van der Waals surface area contributed by atoms with E-state index in [1.807, 2.05) is 0 Å². The summed E-state index contributed by atoms with van der Waals surface area (Å²) in [4.78, 5) is 0. The molecule has 30 heavy (non-hydrogen) atoms. The third kappa shape index (κ3) is 2.52. The molecule has 5 saturated carbocycles. The maximum absolute atomic E-state index is 4.50. The van der Waals surface area contributed by atoms with Crippen LogP contribution < -0.4 is 0 Å². The van der Waals surface area contributed by atoms with Crippen molar-refractivity contribution < 1.29 is 0 Å². The van der Waals surface area contributed by atoms with Crippen LogP contribution in [0.4, 0.5) is 0 Å². The van der Waals surface area contributed by atoms with Crippen LogP contribution in [0, 0.1) is 56.7 Å². The van der Waals surface area contributed by atoms with Crippen LogP contribution in [0.1, 0.15) is 119 Å². The summed E-state index contributed by atoms with van der Waals surface area (Å²) >= 11 is 0. The summed E-state index contributed by atoms with van der Waals surface area (Å²) in [5.74, 6) is 4.51. The average Bonchev–Trinajstić information content (AvgIpc) is 2.99. The first kappa shape index (κ1) is 21.6. The van der Waals surface area contributed by atoms with E-state index in [1.54, 1.807) is 0 Å². The SMILES string of the molecule is C=C(C)[C@@H]1CC[C@]2(C)CC[C@]3(C)[C@H](CC[C@@H]4[C@]5(C)CCCC(C)(C)[C@@H]5CC[C@@]43C)[C@@H]12. The van der Waals surface area contributed by atoms with Gasteiger partial charge in [0.1, 0.15) is 0 Å². The van der Waals surface area contributed by atoms with Crippen LogP contribution in [0.5, 0.6) is 0 Å². The second-order valence-electron chi connectivity index (χ2n) is 14.7. The van der Waals surface area contributed by atoms with E-state index in [0.29, 0.717) is 27.1 Å². The zero-order valence-electron chi connectivity index (χ0n) is 21.4. The van der Waals surface area contributed by atoms with Gasteiger partial charge >= 0.3 is 0 Å². The molecule has 0 spiro atoms. The second-order valence-corrected chi connectivity index (χ2v) is 14.7. The molecule has 0 bridgehead atoms. The van der Waals surface area contributed by atoms with Crippen molar-refractivity contribution in [1.82, 2.24) is 0 Å². The number of hydrogen-bond donors (Lipinski definition) is 0. The van der Waals surface area contributed by atoms with Crippen LogP contribution in [0.25, 0.3) is 0 Å². The summed E-state index contributed by atoms with van der Waals surface area (Å²) in [5, 5.41) is 0. The maximum atomic E-state index is 4.50. The lowest BCUT2D eigenvalue weighted by Crippen LogP contribution is -2.65. The monoisotopic (exact) mass is 410 g/mol. The Kier molecular flexibility index (Phi) is 4.61. The van der Waals surface area contributed by atoms with Crippen molar-refractivity contribution >= 4 is 0 Å². The van der Waals surface area contributed by atoms with Crippen molar-refractivity contribution in [3.05, 3.63) is 12.2 Å². The Labute approximate surface area is 188 Å². The van der Waals surface area contributed by atoms with Crippen LogP contribution in [0.3, 0.4) is 0 Å². The molecule has 0 nitrogen and oxygen atoms in total. The lowest BCUT2D eigenvalue weighted by Gasteiger charge is -2.72. The van der Waals surface area contributed by atoms with Crippen LogP contribution in [-0.4, -0.2) is 0 Å². The minimum absolute atomic E-state index is 0.535. The number of allylic oxidation sites excluding steroid dienone is 1. The van der Waals surface area contributed by atoms with Crippen LogP contribution in [-0.2, 0) is 0 Å². The second kappa shape index (κ2) is 6.41. The summed E-state index contributed by atoms with van der Waals surface area (Å²) in [6.45, 7) is 23.0. The van der Waals surface area contributed by atoms with Gasteiger partial charge in [0.25, 0.3) is 0 Å². The van der Waals surface area contributed by atoms with Gasteiger partial charge in [0.05, 0.1) is 0 Å². The molecule has 5 aliphatic carbocycles.